The van der Waals surface area contributed by atoms with Gasteiger partial charge in [-0.1, -0.05) is 30.0 Å². The second-order valence-corrected chi connectivity index (χ2v) is 7.50. The van der Waals surface area contributed by atoms with Crippen molar-refractivity contribution in [2.24, 2.45) is 7.05 Å². The van der Waals surface area contributed by atoms with Crippen molar-refractivity contribution in [1.82, 2.24) is 19.7 Å². The maximum absolute atomic E-state index is 5.74. The third-order valence-corrected chi connectivity index (χ3v) is 5.08. The Balaban J connectivity index is 1.45. The lowest BCUT2D eigenvalue weighted by Gasteiger charge is -2.14. The summed E-state index contributed by atoms with van der Waals surface area (Å²) < 4.78 is 18.6. The Morgan fingerprint density at radius 1 is 1.07 bits per heavy atom. The summed E-state index contributed by atoms with van der Waals surface area (Å²) in [5.74, 6) is 4.35. The predicted molar refractivity (Wildman–Crippen MR) is 108 cm³/mol. The van der Waals surface area contributed by atoms with Crippen LogP contribution in [0.3, 0.4) is 0 Å². The Kier molecular flexibility index (Phi) is 7.53. The molecule has 0 aliphatic rings. The van der Waals surface area contributed by atoms with E-state index in [1.807, 2.05) is 61.1 Å². The summed E-state index contributed by atoms with van der Waals surface area (Å²) in [7, 11) is 5.69. The molecule has 0 aliphatic carbocycles. The second-order valence-electron chi connectivity index (χ2n) is 6.44. The van der Waals surface area contributed by atoms with Crippen molar-refractivity contribution >= 4 is 11.8 Å². The first-order chi connectivity index (χ1) is 13.7. The molecule has 0 N–H and O–H groups in total. The largest absolute Gasteiger partial charge is 0.493 e. The number of rotatable bonds is 11. The van der Waals surface area contributed by atoms with Gasteiger partial charge in [-0.15, -0.1) is 10.2 Å². The van der Waals surface area contributed by atoms with Crippen LogP contribution in [-0.4, -0.2) is 46.2 Å². The fraction of sp³-hybridized carbons (Fsp3) is 0.400. The molecule has 0 bridgehead atoms. The predicted octanol–water partition coefficient (Wildman–Crippen LogP) is 3.36. The molecule has 2 heterocycles. The van der Waals surface area contributed by atoms with Crippen molar-refractivity contribution in [2.45, 2.75) is 24.9 Å². The summed E-state index contributed by atoms with van der Waals surface area (Å²) in [6.45, 7) is 2.50. The van der Waals surface area contributed by atoms with Gasteiger partial charge in [0.25, 0.3) is 0 Å². The van der Waals surface area contributed by atoms with Crippen LogP contribution in [0.2, 0.25) is 0 Å². The number of nitrogens with zero attached hydrogens (tertiary/aromatic N) is 4. The first-order valence-electron chi connectivity index (χ1n) is 9.09. The zero-order chi connectivity index (χ0) is 19.8. The Morgan fingerprint density at radius 3 is 2.64 bits per heavy atom. The third-order valence-electron chi connectivity index (χ3n) is 4.09. The number of benzene rings is 1. The number of methoxy groups -OCH3 is 1. The van der Waals surface area contributed by atoms with Gasteiger partial charge in [0.15, 0.2) is 5.16 Å². The van der Waals surface area contributed by atoms with Crippen molar-refractivity contribution in [1.29, 1.82) is 0 Å². The summed E-state index contributed by atoms with van der Waals surface area (Å²) in [5, 5.41) is 9.52. The molecular formula is C20H26N4O3S. The van der Waals surface area contributed by atoms with Crippen LogP contribution in [0.5, 0.6) is 5.75 Å². The normalized spacial score (nSPS) is 11.3. The van der Waals surface area contributed by atoms with Gasteiger partial charge in [0, 0.05) is 19.9 Å². The first kappa shape index (κ1) is 20.4. The monoisotopic (exact) mass is 402 g/mol. The molecule has 28 heavy (non-hydrogen) atoms. The first-order valence-corrected chi connectivity index (χ1v) is 10.1. The van der Waals surface area contributed by atoms with Gasteiger partial charge in [0.2, 0.25) is 0 Å². The van der Waals surface area contributed by atoms with E-state index in [2.05, 4.69) is 15.1 Å². The molecule has 0 fully saturated rings. The fourth-order valence-corrected chi connectivity index (χ4v) is 3.45. The maximum Gasteiger partial charge on any atom is 0.191 e. The molecule has 0 saturated carbocycles. The lowest BCUT2D eigenvalue weighted by atomic mass is 10.3. The van der Waals surface area contributed by atoms with E-state index in [-0.39, 0.29) is 0 Å². The van der Waals surface area contributed by atoms with Crippen LogP contribution in [-0.2, 0) is 31.5 Å². The fourth-order valence-electron chi connectivity index (χ4n) is 2.71. The second kappa shape index (κ2) is 10.3. The smallest absolute Gasteiger partial charge is 0.191 e. The van der Waals surface area contributed by atoms with Crippen molar-refractivity contribution < 1.29 is 13.9 Å². The summed E-state index contributed by atoms with van der Waals surface area (Å²) >= 11 is 1.64. The van der Waals surface area contributed by atoms with E-state index in [1.54, 1.807) is 18.9 Å². The standard InChI is InChI=1S/C20H26N4O3S/c1-23(13-17-9-10-18(27-17)15-25-3)14-19-21-22-20(24(19)2)28-12-11-26-16-7-5-4-6-8-16/h4-10H,11-15H2,1-3H3. The van der Waals surface area contributed by atoms with E-state index in [4.69, 9.17) is 13.9 Å². The minimum Gasteiger partial charge on any atom is -0.493 e. The summed E-state index contributed by atoms with van der Waals surface area (Å²) in [5.41, 5.74) is 0. The van der Waals surface area contributed by atoms with Crippen LogP contribution < -0.4 is 4.74 Å². The molecule has 3 aromatic rings. The van der Waals surface area contributed by atoms with Crippen molar-refractivity contribution in [3.63, 3.8) is 0 Å². The number of thioether (sulfide) groups is 1. The lowest BCUT2D eigenvalue weighted by molar-refractivity contribution is 0.160. The van der Waals surface area contributed by atoms with Crippen LogP contribution >= 0.6 is 11.8 Å². The molecule has 0 amide bonds. The molecule has 0 spiro atoms. The average Bonchev–Trinajstić information content (AvgIpc) is 3.27. The topological polar surface area (TPSA) is 65.6 Å². The molecule has 0 radical (unpaired) electrons. The summed E-state index contributed by atoms with van der Waals surface area (Å²) in [6, 6.07) is 13.8. The molecule has 2 aromatic heterocycles. The van der Waals surface area contributed by atoms with Crippen LogP contribution in [0, 0.1) is 0 Å². The number of furan rings is 1. The minimum atomic E-state index is 0.488. The quantitative estimate of drug-likeness (QED) is 0.360. The molecule has 0 unspecified atom stereocenters. The Bertz CT molecular complexity index is 850. The van der Waals surface area contributed by atoms with E-state index in [9.17, 15) is 0 Å². The van der Waals surface area contributed by atoms with E-state index in [0.29, 0.717) is 26.3 Å². The van der Waals surface area contributed by atoms with Gasteiger partial charge in [-0.3, -0.25) is 4.90 Å². The van der Waals surface area contributed by atoms with Crippen molar-refractivity contribution in [2.75, 3.05) is 26.5 Å². The van der Waals surface area contributed by atoms with Crippen LogP contribution in [0.1, 0.15) is 17.3 Å². The Morgan fingerprint density at radius 2 is 1.86 bits per heavy atom. The molecule has 1 aromatic carbocycles. The molecule has 0 aliphatic heterocycles. The zero-order valence-electron chi connectivity index (χ0n) is 16.5. The number of ether oxygens (including phenoxy) is 2. The van der Waals surface area contributed by atoms with Crippen LogP contribution in [0.15, 0.2) is 52.0 Å². The van der Waals surface area contributed by atoms with Gasteiger partial charge in [0.05, 0.1) is 19.7 Å². The van der Waals surface area contributed by atoms with E-state index >= 15 is 0 Å². The average molecular weight is 403 g/mol. The molecular weight excluding hydrogens is 376 g/mol. The Hall–Kier alpha value is -2.29. The SMILES string of the molecule is COCc1ccc(CN(C)Cc2nnc(SCCOc3ccccc3)n2C)o1. The molecule has 3 rings (SSSR count). The number of hydrogen-bond donors (Lipinski definition) is 0. The van der Waals surface area contributed by atoms with Gasteiger partial charge in [-0.05, 0) is 31.3 Å². The Labute approximate surface area is 169 Å². The summed E-state index contributed by atoms with van der Waals surface area (Å²) in [4.78, 5) is 2.15. The van der Waals surface area contributed by atoms with Gasteiger partial charge in [-0.2, -0.15) is 0 Å². The molecule has 7 nitrogen and oxygen atoms in total. The summed E-state index contributed by atoms with van der Waals surface area (Å²) in [6.07, 6.45) is 0. The maximum atomic E-state index is 5.74. The highest BCUT2D eigenvalue weighted by molar-refractivity contribution is 7.99. The van der Waals surface area contributed by atoms with Crippen LogP contribution in [0.4, 0.5) is 0 Å². The molecule has 0 atom stereocenters. The van der Waals surface area contributed by atoms with E-state index in [0.717, 1.165) is 34.0 Å². The number of hydrogen-bond acceptors (Lipinski definition) is 7. The molecule has 0 saturated heterocycles. The van der Waals surface area contributed by atoms with E-state index in [1.165, 1.54) is 0 Å². The van der Waals surface area contributed by atoms with Gasteiger partial charge >= 0.3 is 0 Å². The van der Waals surface area contributed by atoms with Gasteiger partial charge in [0.1, 0.15) is 29.7 Å². The lowest BCUT2D eigenvalue weighted by Crippen LogP contribution is -2.19. The zero-order valence-corrected chi connectivity index (χ0v) is 17.3. The minimum absolute atomic E-state index is 0.488. The highest BCUT2D eigenvalue weighted by atomic mass is 32.2. The highest BCUT2D eigenvalue weighted by Gasteiger charge is 2.13. The number of para-hydroxylation sites is 1. The molecule has 8 heteroatoms. The number of aromatic nitrogens is 3. The van der Waals surface area contributed by atoms with Crippen molar-refractivity contribution in [3.05, 3.63) is 59.8 Å². The molecule has 150 valence electrons. The van der Waals surface area contributed by atoms with Gasteiger partial charge in [-0.25, -0.2) is 0 Å². The third kappa shape index (κ3) is 5.85. The van der Waals surface area contributed by atoms with Crippen molar-refractivity contribution in [3.8, 4) is 5.75 Å². The van der Waals surface area contributed by atoms with E-state index < -0.39 is 0 Å². The highest BCUT2D eigenvalue weighted by Crippen LogP contribution is 2.18. The van der Waals surface area contributed by atoms with Crippen LogP contribution in [0.25, 0.3) is 0 Å². The van der Waals surface area contributed by atoms with Gasteiger partial charge < -0.3 is 18.5 Å².